The molecule has 0 saturated heterocycles. The summed E-state index contributed by atoms with van der Waals surface area (Å²) in [6, 6.07) is 4.30. The number of aliphatic hydroxyl groups is 1. The van der Waals surface area contributed by atoms with E-state index >= 15 is 0 Å². The molecule has 0 spiro atoms. The molecule has 0 radical (unpaired) electrons. The first-order chi connectivity index (χ1) is 8.99. The van der Waals surface area contributed by atoms with Crippen molar-refractivity contribution in [3.63, 3.8) is 0 Å². The Labute approximate surface area is 123 Å². The molecule has 0 atom stereocenters. The topological polar surface area (TPSA) is 71.2 Å². The number of ether oxygens (including phenoxy) is 1. The Morgan fingerprint density at radius 3 is 2.79 bits per heavy atom. The van der Waals surface area contributed by atoms with Crippen LogP contribution in [0.5, 0.6) is 0 Å². The SMILES string of the molecule is CCC(O)=C(N=Nc1cc(I)ccc1F)C(=O)OC. The van der Waals surface area contributed by atoms with Crippen LogP contribution in [0.2, 0.25) is 0 Å². The van der Waals surface area contributed by atoms with Crippen molar-refractivity contribution in [1.82, 2.24) is 0 Å². The number of hydrogen-bond acceptors (Lipinski definition) is 5. The number of carbonyl (C=O) groups excluding carboxylic acids is 1. The highest BCUT2D eigenvalue weighted by molar-refractivity contribution is 14.1. The number of aliphatic hydroxyl groups excluding tert-OH is 1. The Morgan fingerprint density at radius 1 is 1.53 bits per heavy atom. The van der Waals surface area contributed by atoms with Crippen LogP contribution in [-0.2, 0) is 9.53 Å². The van der Waals surface area contributed by atoms with Crippen molar-refractivity contribution in [2.45, 2.75) is 13.3 Å². The Balaban J connectivity index is 3.13. The molecule has 0 aliphatic rings. The van der Waals surface area contributed by atoms with Gasteiger partial charge in [0.1, 0.15) is 11.4 Å². The Hall–Kier alpha value is -1.51. The molecule has 1 N–H and O–H groups in total. The predicted molar refractivity (Wildman–Crippen MR) is 75.6 cm³/mol. The number of esters is 1. The standard InChI is InChI=1S/C12H12FIN2O3/c1-3-10(17)11(12(18)19-2)16-15-9-6-7(14)4-5-8(9)13/h4-6,17H,3H2,1-2H3. The highest BCUT2D eigenvalue weighted by Crippen LogP contribution is 2.22. The molecule has 0 saturated carbocycles. The molecule has 19 heavy (non-hydrogen) atoms. The number of benzene rings is 1. The van der Waals surface area contributed by atoms with Gasteiger partial charge in [-0.1, -0.05) is 6.92 Å². The maximum Gasteiger partial charge on any atom is 0.362 e. The van der Waals surface area contributed by atoms with Crippen molar-refractivity contribution in [2.75, 3.05) is 7.11 Å². The van der Waals surface area contributed by atoms with E-state index in [9.17, 15) is 14.3 Å². The quantitative estimate of drug-likeness (QED) is 0.284. The van der Waals surface area contributed by atoms with Gasteiger partial charge < -0.3 is 9.84 Å². The summed E-state index contributed by atoms with van der Waals surface area (Å²) in [5, 5.41) is 16.8. The fraction of sp³-hybridized carbons (Fsp3) is 0.250. The van der Waals surface area contributed by atoms with Gasteiger partial charge in [0.05, 0.1) is 7.11 Å². The van der Waals surface area contributed by atoms with E-state index in [1.54, 1.807) is 13.0 Å². The van der Waals surface area contributed by atoms with E-state index in [-0.39, 0.29) is 23.6 Å². The fourth-order valence-electron chi connectivity index (χ4n) is 1.15. The number of hydrogen-bond donors (Lipinski definition) is 1. The molecule has 1 aromatic rings. The summed E-state index contributed by atoms with van der Waals surface area (Å²) in [5.41, 5.74) is -0.347. The van der Waals surface area contributed by atoms with Crippen LogP contribution in [0.25, 0.3) is 0 Å². The maximum absolute atomic E-state index is 13.4. The molecular formula is C12H12FIN2O3. The summed E-state index contributed by atoms with van der Waals surface area (Å²) in [6.45, 7) is 1.64. The Kier molecular flexibility index (Phi) is 5.87. The van der Waals surface area contributed by atoms with Gasteiger partial charge in [-0.2, -0.15) is 0 Å². The third-order valence-electron chi connectivity index (χ3n) is 2.15. The molecule has 0 heterocycles. The molecule has 0 bridgehead atoms. The van der Waals surface area contributed by atoms with Crippen molar-refractivity contribution in [3.8, 4) is 0 Å². The van der Waals surface area contributed by atoms with Crippen molar-refractivity contribution >= 4 is 34.2 Å². The van der Waals surface area contributed by atoms with Gasteiger partial charge in [-0.15, -0.1) is 10.2 Å². The van der Waals surface area contributed by atoms with Crippen molar-refractivity contribution in [1.29, 1.82) is 0 Å². The van der Waals surface area contributed by atoms with Crippen LogP contribution in [0.15, 0.2) is 39.9 Å². The Morgan fingerprint density at radius 2 is 2.21 bits per heavy atom. The van der Waals surface area contributed by atoms with E-state index in [4.69, 9.17) is 0 Å². The van der Waals surface area contributed by atoms with E-state index in [1.807, 2.05) is 22.6 Å². The van der Waals surface area contributed by atoms with Gasteiger partial charge in [-0.25, -0.2) is 9.18 Å². The molecule has 5 nitrogen and oxygen atoms in total. The number of rotatable bonds is 4. The van der Waals surface area contributed by atoms with E-state index in [0.717, 1.165) is 10.7 Å². The van der Waals surface area contributed by atoms with Crippen molar-refractivity contribution in [3.05, 3.63) is 39.0 Å². The molecule has 7 heteroatoms. The molecule has 0 aromatic heterocycles. The predicted octanol–water partition coefficient (Wildman–Crippen LogP) is 3.87. The summed E-state index contributed by atoms with van der Waals surface area (Å²) < 4.78 is 18.7. The lowest BCUT2D eigenvalue weighted by Crippen LogP contribution is -2.05. The molecular weight excluding hydrogens is 366 g/mol. The molecule has 0 amide bonds. The highest BCUT2D eigenvalue weighted by atomic mass is 127. The van der Waals surface area contributed by atoms with Gasteiger partial charge in [0, 0.05) is 9.99 Å². The van der Waals surface area contributed by atoms with Gasteiger partial charge in [0.15, 0.2) is 5.82 Å². The second-order valence-electron chi connectivity index (χ2n) is 3.44. The number of azo groups is 1. The largest absolute Gasteiger partial charge is 0.510 e. The molecule has 1 aromatic carbocycles. The first kappa shape index (κ1) is 15.5. The minimum atomic E-state index is -0.825. The van der Waals surface area contributed by atoms with Crippen LogP contribution in [0.4, 0.5) is 10.1 Å². The average molecular weight is 378 g/mol. The Bertz CT molecular complexity index is 544. The lowest BCUT2D eigenvalue weighted by Gasteiger charge is -2.02. The van der Waals surface area contributed by atoms with Crippen molar-refractivity contribution in [2.24, 2.45) is 10.2 Å². The molecule has 0 aliphatic heterocycles. The zero-order valence-electron chi connectivity index (χ0n) is 10.4. The second kappa shape index (κ2) is 7.17. The fourth-order valence-corrected chi connectivity index (χ4v) is 1.62. The monoisotopic (exact) mass is 378 g/mol. The summed E-state index contributed by atoms with van der Waals surface area (Å²) in [6.07, 6.45) is 0.193. The second-order valence-corrected chi connectivity index (χ2v) is 4.68. The van der Waals surface area contributed by atoms with Gasteiger partial charge in [0.2, 0.25) is 5.70 Å². The van der Waals surface area contributed by atoms with Gasteiger partial charge in [-0.05, 0) is 40.8 Å². The number of nitrogens with zero attached hydrogens (tertiary/aromatic N) is 2. The van der Waals surface area contributed by atoms with E-state index in [2.05, 4.69) is 15.0 Å². The summed E-state index contributed by atoms with van der Waals surface area (Å²) >= 11 is 2.00. The minimum absolute atomic E-state index is 0.0165. The number of halogens is 2. The third-order valence-corrected chi connectivity index (χ3v) is 2.82. The molecule has 1 rings (SSSR count). The molecule has 102 valence electrons. The van der Waals surface area contributed by atoms with E-state index < -0.39 is 11.8 Å². The van der Waals surface area contributed by atoms with Crippen LogP contribution in [0, 0.1) is 9.39 Å². The highest BCUT2D eigenvalue weighted by Gasteiger charge is 2.15. The average Bonchev–Trinajstić information content (AvgIpc) is 2.41. The molecule has 0 fully saturated rings. The first-order valence-corrected chi connectivity index (χ1v) is 6.44. The minimum Gasteiger partial charge on any atom is -0.510 e. The smallest absolute Gasteiger partial charge is 0.362 e. The number of carbonyl (C=O) groups is 1. The summed E-state index contributed by atoms with van der Waals surface area (Å²) in [4.78, 5) is 11.4. The first-order valence-electron chi connectivity index (χ1n) is 5.36. The zero-order chi connectivity index (χ0) is 14.4. The van der Waals surface area contributed by atoms with Crippen molar-refractivity contribution < 1.29 is 19.0 Å². The number of methoxy groups -OCH3 is 1. The molecule has 0 aliphatic carbocycles. The van der Waals surface area contributed by atoms with E-state index in [0.29, 0.717) is 0 Å². The molecule has 0 unspecified atom stereocenters. The maximum atomic E-state index is 13.4. The van der Waals surface area contributed by atoms with Gasteiger partial charge in [-0.3, -0.25) is 0 Å². The van der Waals surface area contributed by atoms with E-state index in [1.165, 1.54) is 12.1 Å². The zero-order valence-corrected chi connectivity index (χ0v) is 12.5. The third kappa shape index (κ3) is 4.27. The van der Waals surface area contributed by atoms with Crippen LogP contribution < -0.4 is 0 Å². The lowest BCUT2D eigenvalue weighted by atomic mass is 10.3. The van der Waals surface area contributed by atoms with Gasteiger partial charge >= 0.3 is 5.97 Å². The van der Waals surface area contributed by atoms with Crippen LogP contribution in [0.1, 0.15) is 13.3 Å². The van der Waals surface area contributed by atoms with Crippen LogP contribution in [-0.4, -0.2) is 18.2 Å². The van der Waals surface area contributed by atoms with Crippen LogP contribution in [0.3, 0.4) is 0 Å². The summed E-state index contributed by atoms with van der Waals surface area (Å²) in [7, 11) is 1.16. The van der Waals surface area contributed by atoms with Crippen LogP contribution >= 0.6 is 22.6 Å². The normalized spacial score (nSPS) is 12.4. The summed E-state index contributed by atoms with van der Waals surface area (Å²) in [5.74, 6) is -1.65. The lowest BCUT2D eigenvalue weighted by molar-refractivity contribution is -0.136. The number of allylic oxidation sites excluding steroid dienone is 1. The van der Waals surface area contributed by atoms with Gasteiger partial charge in [0.25, 0.3) is 0 Å².